The molecular weight excluding hydrogens is 224 g/mol. The molecular formula is C16H30O2. The molecule has 2 heteroatoms. The van der Waals surface area contributed by atoms with Gasteiger partial charge in [-0.2, -0.15) is 0 Å². The van der Waals surface area contributed by atoms with Gasteiger partial charge in [0, 0.05) is 0 Å². The maximum atomic E-state index is 11.9. The van der Waals surface area contributed by atoms with Gasteiger partial charge in [0.25, 0.3) is 0 Å². The third-order valence-electron chi connectivity index (χ3n) is 4.99. The molecule has 0 radical (unpaired) electrons. The van der Waals surface area contributed by atoms with Crippen molar-refractivity contribution >= 4 is 5.97 Å². The van der Waals surface area contributed by atoms with Gasteiger partial charge in [-0.05, 0) is 49.9 Å². The third-order valence-corrected chi connectivity index (χ3v) is 4.99. The molecule has 0 aliphatic heterocycles. The van der Waals surface area contributed by atoms with Gasteiger partial charge in [-0.1, -0.05) is 40.5 Å². The molecule has 18 heavy (non-hydrogen) atoms. The van der Waals surface area contributed by atoms with Crippen molar-refractivity contribution in [1.29, 1.82) is 0 Å². The van der Waals surface area contributed by atoms with Gasteiger partial charge in [0.2, 0.25) is 0 Å². The average Bonchev–Trinajstić information content (AvgIpc) is 2.29. The Hall–Kier alpha value is -0.530. The quantitative estimate of drug-likeness (QED) is 0.744. The summed E-state index contributed by atoms with van der Waals surface area (Å²) >= 11 is 0. The first-order valence-electron chi connectivity index (χ1n) is 7.69. The monoisotopic (exact) mass is 254 g/mol. The molecule has 1 aliphatic rings. The van der Waals surface area contributed by atoms with E-state index in [9.17, 15) is 9.90 Å². The zero-order valence-electron chi connectivity index (χ0n) is 12.5. The Balaban J connectivity index is 2.90. The summed E-state index contributed by atoms with van der Waals surface area (Å²) in [6.07, 6.45) is 7.25. The largest absolute Gasteiger partial charge is 0.481 e. The van der Waals surface area contributed by atoms with Gasteiger partial charge < -0.3 is 5.11 Å². The molecule has 2 nitrogen and oxygen atoms in total. The van der Waals surface area contributed by atoms with Crippen molar-refractivity contribution < 1.29 is 9.90 Å². The predicted octanol–water partition coefficient (Wildman–Crippen LogP) is 4.73. The molecule has 0 spiro atoms. The Morgan fingerprint density at radius 3 is 2.11 bits per heavy atom. The first-order chi connectivity index (χ1) is 8.46. The summed E-state index contributed by atoms with van der Waals surface area (Å²) < 4.78 is 0. The van der Waals surface area contributed by atoms with E-state index in [0.717, 1.165) is 38.5 Å². The van der Waals surface area contributed by atoms with Gasteiger partial charge in [-0.3, -0.25) is 4.79 Å². The number of hydrogen-bond donors (Lipinski definition) is 1. The summed E-state index contributed by atoms with van der Waals surface area (Å²) in [6, 6.07) is 0. The van der Waals surface area contributed by atoms with Crippen molar-refractivity contribution in [1.82, 2.24) is 0 Å². The van der Waals surface area contributed by atoms with Crippen LogP contribution in [0.5, 0.6) is 0 Å². The highest BCUT2D eigenvalue weighted by Gasteiger charge is 2.45. The predicted molar refractivity (Wildman–Crippen MR) is 75.6 cm³/mol. The van der Waals surface area contributed by atoms with Gasteiger partial charge in [0.1, 0.15) is 0 Å². The van der Waals surface area contributed by atoms with Gasteiger partial charge in [-0.15, -0.1) is 0 Å². The lowest BCUT2D eigenvalue weighted by atomic mass is 9.61. The molecule has 1 rings (SSSR count). The molecule has 0 aromatic rings. The number of carboxylic acids is 1. The van der Waals surface area contributed by atoms with Crippen molar-refractivity contribution in [3.63, 3.8) is 0 Å². The molecule has 1 saturated carbocycles. The number of hydrogen-bond acceptors (Lipinski definition) is 1. The van der Waals surface area contributed by atoms with Crippen molar-refractivity contribution in [3.05, 3.63) is 0 Å². The minimum Gasteiger partial charge on any atom is -0.481 e. The Kier molecular flexibility index (Phi) is 5.68. The molecule has 0 heterocycles. The zero-order chi connectivity index (χ0) is 13.8. The maximum absolute atomic E-state index is 11.9. The van der Waals surface area contributed by atoms with Crippen LogP contribution in [0.3, 0.4) is 0 Å². The molecule has 3 unspecified atom stereocenters. The number of aliphatic carboxylic acids is 1. The van der Waals surface area contributed by atoms with Crippen LogP contribution in [0.25, 0.3) is 0 Å². The highest BCUT2D eigenvalue weighted by atomic mass is 16.4. The van der Waals surface area contributed by atoms with Gasteiger partial charge in [-0.25, -0.2) is 0 Å². The summed E-state index contributed by atoms with van der Waals surface area (Å²) in [5.74, 6) is 1.20. The Bertz CT molecular complexity index is 264. The average molecular weight is 254 g/mol. The summed E-state index contributed by atoms with van der Waals surface area (Å²) in [4.78, 5) is 11.9. The van der Waals surface area contributed by atoms with Crippen LogP contribution >= 0.6 is 0 Å². The molecule has 106 valence electrons. The molecule has 0 saturated heterocycles. The zero-order valence-corrected chi connectivity index (χ0v) is 12.5. The van der Waals surface area contributed by atoms with Crippen molar-refractivity contribution in [2.24, 2.45) is 23.2 Å². The molecule has 0 aromatic heterocycles. The second-order valence-electron chi connectivity index (χ2n) is 6.53. The minimum absolute atomic E-state index is 0.380. The van der Waals surface area contributed by atoms with Crippen molar-refractivity contribution in [2.45, 2.75) is 72.6 Å². The lowest BCUT2D eigenvalue weighted by Gasteiger charge is -2.43. The van der Waals surface area contributed by atoms with E-state index in [2.05, 4.69) is 27.7 Å². The van der Waals surface area contributed by atoms with Crippen LogP contribution in [0, 0.1) is 23.2 Å². The van der Waals surface area contributed by atoms with E-state index in [0.29, 0.717) is 17.8 Å². The van der Waals surface area contributed by atoms with E-state index in [1.165, 1.54) is 6.42 Å². The summed E-state index contributed by atoms with van der Waals surface area (Å²) in [5, 5.41) is 9.78. The minimum atomic E-state index is -0.551. The van der Waals surface area contributed by atoms with E-state index in [1.54, 1.807) is 0 Å². The summed E-state index contributed by atoms with van der Waals surface area (Å²) in [7, 11) is 0. The van der Waals surface area contributed by atoms with E-state index in [-0.39, 0.29) is 0 Å². The third kappa shape index (κ3) is 3.27. The summed E-state index contributed by atoms with van der Waals surface area (Å²) in [6.45, 7) is 8.78. The molecule has 1 N–H and O–H groups in total. The van der Waals surface area contributed by atoms with Crippen LogP contribution in [-0.4, -0.2) is 11.1 Å². The van der Waals surface area contributed by atoms with Crippen LogP contribution in [0.15, 0.2) is 0 Å². The summed E-state index contributed by atoms with van der Waals surface area (Å²) in [5.41, 5.74) is -0.459. The molecule has 1 aliphatic carbocycles. The van der Waals surface area contributed by atoms with E-state index in [4.69, 9.17) is 0 Å². The first kappa shape index (κ1) is 15.5. The number of carbonyl (C=O) groups is 1. The fourth-order valence-electron chi connectivity index (χ4n) is 3.99. The van der Waals surface area contributed by atoms with Gasteiger partial charge in [0.15, 0.2) is 0 Å². The topological polar surface area (TPSA) is 37.3 Å². The lowest BCUT2D eigenvalue weighted by molar-refractivity contribution is -0.155. The SMILES string of the molecule is CCCCC(CC)(C(=O)O)C1CC(C)CC(C)C1. The van der Waals surface area contributed by atoms with Crippen molar-refractivity contribution in [3.8, 4) is 0 Å². The number of unbranched alkanes of at least 4 members (excludes halogenated alkanes) is 1. The molecule has 0 amide bonds. The Labute approximate surface area is 112 Å². The molecule has 0 bridgehead atoms. The standard InChI is InChI=1S/C16H30O2/c1-5-7-8-16(6-2,15(17)18)14-10-12(3)9-13(4)11-14/h12-14H,5-11H2,1-4H3,(H,17,18). The Morgan fingerprint density at radius 1 is 1.17 bits per heavy atom. The second-order valence-corrected chi connectivity index (χ2v) is 6.53. The van der Waals surface area contributed by atoms with E-state index >= 15 is 0 Å². The fraction of sp³-hybridized carbons (Fsp3) is 0.938. The van der Waals surface area contributed by atoms with Gasteiger partial charge >= 0.3 is 5.97 Å². The highest BCUT2D eigenvalue weighted by molar-refractivity contribution is 5.75. The lowest BCUT2D eigenvalue weighted by Crippen LogP contribution is -2.41. The smallest absolute Gasteiger partial charge is 0.309 e. The number of rotatable bonds is 6. The molecule has 1 fully saturated rings. The van der Waals surface area contributed by atoms with Crippen LogP contribution in [0.2, 0.25) is 0 Å². The van der Waals surface area contributed by atoms with Crippen LogP contribution in [0.1, 0.15) is 72.6 Å². The van der Waals surface area contributed by atoms with E-state index < -0.39 is 11.4 Å². The molecule has 0 aromatic carbocycles. The van der Waals surface area contributed by atoms with E-state index in [1.807, 2.05) is 0 Å². The van der Waals surface area contributed by atoms with Crippen LogP contribution in [0.4, 0.5) is 0 Å². The highest BCUT2D eigenvalue weighted by Crippen LogP contribution is 2.47. The Morgan fingerprint density at radius 2 is 1.72 bits per heavy atom. The number of carboxylic acid groups (broad SMARTS) is 1. The van der Waals surface area contributed by atoms with Crippen molar-refractivity contribution in [2.75, 3.05) is 0 Å². The van der Waals surface area contributed by atoms with Crippen LogP contribution in [-0.2, 0) is 4.79 Å². The normalized spacial score (nSPS) is 31.9. The molecule has 3 atom stereocenters. The van der Waals surface area contributed by atoms with Crippen LogP contribution < -0.4 is 0 Å². The van der Waals surface area contributed by atoms with Gasteiger partial charge in [0.05, 0.1) is 5.41 Å². The maximum Gasteiger partial charge on any atom is 0.309 e. The fourth-order valence-corrected chi connectivity index (χ4v) is 3.99. The first-order valence-corrected chi connectivity index (χ1v) is 7.69. The second kappa shape index (κ2) is 6.58.